The number of carbonyl (C=O) groups excluding carboxylic acids is 1. The van der Waals surface area contributed by atoms with Crippen molar-refractivity contribution in [2.45, 2.75) is 20.3 Å². The minimum atomic E-state index is -0.557. The molecule has 0 aromatic heterocycles. The van der Waals surface area contributed by atoms with Crippen molar-refractivity contribution in [1.29, 1.82) is 0 Å². The van der Waals surface area contributed by atoms with Crippen molar-refractivity contribution in [3.8, 4) is 0 Å². The number of nitrogens with two attached hydrogens (primary N) is 1. The summed E-state index contributed by atoms with van der Waals surface area (Å²) in [5, 5.41) is 0. The lowest BCUT2D eigenvalue weighted by Crippen LogP contribution is -2.42. The summed E-state index contributed by atoms with van der Waals surface area (Å²) in [6.07, 6.45) is 0.635. The second-order valence-corrected chi connectivity index (χ2v) is 5.39. The maximum atomic E-state index is 11.7. The zero-order chi connectivity index (χ0) is 14.2. The first-order chi connectivity index (χ1) is 8.33. The number of thiocarbonyl (C=S) groups is 1. The highest BCUT2D eigenvalue weighted by Gasteiger charge is 2.30. The van der Waals surface area contributed by atoms with Crippen molar-refractivity contribution < 1.29 is 14.3 Å². The molecule has 0 radical (unpaired) electrons. The lowest BCUT2D eigenvalue weighted by Gasteiger charge is -2.30. The van der Waals surface area contributed by atoms with E-state index in [2.05, 4.69) is 4.90 Å². The number of hydrogen-bond acceptors (Lipinski definition) is 5. The quantitative estimate of drug-likeness (QED) is 0.497. The first kappa shape index (κ1) is 17.3. The summed E-state index contributed by atoms with van der Waals surface area (Å²) >= 11 is 4.87. The minimum Gasteiger partial charge on any atom is -0.469 e. The Bertz CT molecular complexity index is 282. The van der Waals surface area contributed by atoms with Crippen molar-refractivity contribution in [3.05, 3.63) is 0 Å². The Morgan fingerprint density at radius 2 is 1.94 bits per heavy atom. The van der Waals surface area contributed by atoms with Crippen LogP contribution in [0.5, 0.6) is 0 Å². The van der Waals surface area contributed by atoms with Gasteiger partial charge in [0, 0.05) is 33.2 Å². The summed E-state index contributed by atoms with van der Waals surface area (Å²) in [7, 11) is 3.05. The van der Waals surface area contributed by atoms with E-state index in [0.717, 1.165) is 13.1 Å². The van der Waals surface area contributed by atoms with Crippen LogP contribution in [0, 0.1) is 5.41 Å². The molecule has 0 saturated carbocycles. The third-order valence-corrected chi connectivity index (χ3v) is 2.85. The van der Waals surface area contributed by atoms with Crippen LogP contribution in [0.4, 0.5) is 0 Å². The fourth-order valence-corrected chi connectivity index (χ4v) is 1.75. The fourth-order valence-electron chi connectivity index (χ4n) is 1.66. The summed E-state index contributed by atoms with van der Waals surface area (Å²) < 4.78 is 9.86. The topological polar surface area (TPSA) is 64.8 Å². The first-order valence-electron chi connectivity index (χ1n) is 5.91. The van der Waals surface area contributed by atoms with Gasteiger partial charge in [0.05, 0.1) is 24.1 Å². The van der Waals surface area contributed by atoms with Gasteiger partial charge in [0.2, 0.25) is 0 Å². The second-order valence-electron chi connectivity index (χ2n) is 4.86. The van der Waals surface area contributed by atoms with Gasteiger partial charge in [0.25, 0.3) is 0 Å². The van der Waals surface area contributed by atoms with Gasteiger partial charge < -0.3 is 15.2 Å². The van der Waals surface area contributed by atoms with Crippen LogP contribution < -0.4 is 5.73 Å². The first-order valence-corrected chi connectivity index (χ1v) is 6.32. The molecular weight excluding hydrogens is 252 g/mol. The monoisotopic (exact) mass is 276 g/mol. The van der Waals surface area contributed by atoms with Crippen LogP contribution in [0.25, 0.3) is 0 Å². The molecular formula is C12H24N2O3S. The highest BCUT2D eigenvalue weighted by molar-refractivity contribution is 7.80. The molecule has 0 amide bonds. The average Bonchev–Trinajstić information content (AvgIpc) is 2.31. The van der Waals surface area contributed by atoms with Crippen molar-refractivity contribution in [1.82, 2.24) is 4.90 Å². The number of nitrogens with zero attached hydrogens (tertiary/aromatic N) is 1. The summed E-state index contributed by atoms with van der Waals surface area (Å²) in [5.41, 5.74) is 4.94. The Kier molecular flexibility index (Phi) is 8.06. The second kappa shape index (κ2) is 8.39. The van der Waals surface area contributed by atoms with Crippen LogP contribution in [0.1, 0.15) is 20.3 Å². The molecule has 6 heteroatoms. The van der Waals surface area contributed by atoms with Gasteiger partial charge in [-0.15, -0.1) is 0 Å². The zero-order valence-corrected chi connectivity index (χ0v) is 12.5. The number of esters is 1. The van der Waals surface area contributed by atoms with E-state index in [-0.39, 0.29) is 5.97 Å². The molecule has 18 heavy (non-hydrogen) atoms. The molecule has 106 valence electrons. The average molecular weight is 276 g/mol. The minimum absolute atomic E-state index is 0.222. The lowest BCUT2D eigenvalue weighted by atomic mass is 9.93. The predicted octanol–water partition coefficient (Wildman–Crippen LogP) is 0.810. The SMILES string of the molecule is COCCN(CCC(N)=S)CC(C)(C)C(=O)OC. The Hall–Kier alpha value is -0.720. The molecule has 5 nitrogen and oxygen atoms in total. The van der Waals surface area contributed by atoms with Crippen molar-refractivity contribution in [2.75, 3.05) is 40.5 Å². The van der Waals surface area contributed by atoms with Gasteiger partial charge in [-0.2, -0.15) is 0 Å². The standard InChI is InChI=1S/C12H24N2O3S/c1-12(2,11(15)17-4)9-14(7-8-16-3)6-5-10(13)18/h5-9H2,1-4H3,(H2,13,18). The predicted molar refractivity (Wildman–Crippen MR) is 75.5 cm³/mol. The molecule has 0 aromatic rings. The molecule has 0 spiro atoms. The molecule has 0 aliphatic heterocycles. The van der Waals surface area contributed by atoms with Crippen LogP contribution >= 0.6 is 12.2 Å². The third kappa shape index (κ3) is 6.88. The summed E-state index contributed by atoms with van der Waals surface area (Å²) in [6, 6.07) is 0. The number of carbonyl (C=O) groups is 1. The van der Waals surface area contributed by atoms with Gasteiger partial charge in [-0.05, 0) is 13.8 Å². The van der Waals surface area contributed by atoms with Gasteiger partial charge in [-0.25, -0.2) is 0 Å². The molecule has 0 aromatic carbocycles. The number of rotatable bonds is 9. The molecule has 0 aliphatic rings. The van der Waals surface area contributed by atoms with Gasteiger partial charge >= 0.3 is 5.97 Å². The van der Waals surface area contributed by atoms with Crippen molar-refractivity contribution >= 4 is 23.2 Å². The molecule has 0 unspecified atom stereocenters. The van der Waals surface area contributed by atoms with E-state index in [0.29, 0.717) is 24.6 Å². The molecule has 0 bridgehead atoms. The van der Waals surface area contributed by atoms with E-state index in [1.54, 1.807) is 7.11 Å². The van der Waals surface area contributed by atoms with Crippen LogP contribution in [0.3, 0.4) is 0 Å². The van der Waals surface area contributed by atoms with E-state index in [4.69, 9.17) is 27.4 Å². The number of hydrogen-bond donors (Lipinski definition) is 1. The molecule has 0 aliphatic carbocycles. The fraction of sp³-hybridized carbons (Fsp3) is 0.833. The van der Waals surface area contributed by atoms with E-state index < -0.39 is 5.41 Å². The highest BCUT2D eigenvalue weighted by atomic mass is 32.1. The molecule has 0 rings (SSSR count). The molecule has 2 N–H and O–H groups in total. The number of ether oxygens (including phenoxy) is 2. The summed E-state index contributed by atoms with van der Waals surface area (Å²) in [5.74, 6) is -0.222. The highest BCUT2D eigenvalue weighted by Crippen LogP contribution is 2.19. The number of methoxy groups -OCH3 is 2. The Balaban J connectivity index is 4.45. The summed E-state index contributed by atoms with van der Waals surface area (Å²) in [6.45, 7) is 6.37. The van der Waals surface area contributed by atoms with Crippen LogP contribution in [-0.4, -0.2) is 56.3 Å². The van der Waals surface area contributed by atoms with E-state index in [9.17, 15) is 4.79 Å². The summed E-state index contributed by atoms with van der Waals surface area (Å²) in [4.78, 5) is 14.2. The normalized spacial score (nSPS) is 11.6. The Morgan fingerprint density at radius 1 is 1.33 bits per heavy atom. The van der Waals surface area contributed by atoms with Gasteiger partial charge in [-0.1, -0.05) is 12.2 Å². The van der Waals surface area contributed by atoms with E-state index in [1.807, 2.05) is 13.8 Å². The molecule has 0 atom stereocenters. The van der Waals surface area contributed by atoms with Crippen LogP contribution in [0.2, 0.25) is 0 Å². The van der Waals surface area contributed by atoms with E-state index >= 15 is 0 Å². The van der Waals surface area contributed by atoms with Crippen LogP contribution in [-0.2, 0) is 14.3 Å². The van der Waals surface area contributed by atoms with Gasteiger partial charge in [0.1, 0.15) is 0 Å². The van der Waals surface area contributed by atoms with Crippen molar-refractivity contribution in [3.63, 3.8) is 0 Å². The molecule has 0 fully saturated rings. The van der Waals surface area contributed by atoms with E-state index in [1.165, 1.54) is 7.11 Å². The largest absolute Gasteiger partial charge is 0.469 e. The maximum Gasteiger partial charge on any atom is 0.312 e. The van der Waals surface area contributed by atoms with Gasteiger partial charge in [0.15, 0.2) is 0 Å². The third-order valence-electron chi connectivity index (χ3n) is 2.64. The maximum absolute atomic E-state index is 11.7. The van der Waals surface area contributed by atoms with Gasteiger partial charge in [-0.3, -0.25) is 9.69 Å². The van der Waals surface area contributed by atoms with Crippen molar-refractivity contribution in [2.24, 2.45) is 11.1 Å². The Morgan fingerprint density at radius 3 is 2.39 bits per heavy atom. The smallest absolute Gasteiger partial charge is 0.312 e. The molecule has 0 saturated heterocycles. The molecule has 0 heterocycles. The Labute approximate surface area is 115 Å². The zero-order valence-electron chi connectivity index (χ0n) is 11.7. The lowest BCUT2D eigenvalue weighted by molar-refractivity contribution is -0.151. The van der Waals surface area contributed by atoms with Crippen LogP contribution in [0.15, 0.2) is 0 Å².